The monoisotopic (exact) mass is 281 g/mol. The van der Waals surface area contributed by atoms with E-state index in [-0.39, 0.29) is 10.9 Å². The standard InChI is InChI=1S/C13H17BClNO3/c1-8(17)10-7-6-9(11(15)16-10)14-18-12(2,3)13(4,5)19-14/h6-7H,1-5H3. The first-order valence-electron chi connectivity index (χ1n) is 6.17. The number of nitrogens with zero attached hydrogens (tertiary/aromatic N) is 1. The molecule has 2 heterocycles. The van der Waals surface area contributed by atoms with Crippen LogP contribution in [0.5, 0.6) is 0 Å². The number of Topliss-reactive ketones (excluding diaryl/α,β-unsaturated/α-hetero) is 1. The van der Waals surface area contributed by atoms with Crippen LogP contribution in [0.1, 0.15) is 45.1 Å². The number of halogens is 1. The molecule has 1 fully saturated rings. The molecule has 0 N–H and O–H groups in total. The molecule has 1 aromatic heterocycles. The molecule has 0 amide bonds. The molecule has 4 nitrogen and oxygen atoms in total. The fraction of sp³-hybridized carbons (Fsp3) is 0.538. The Morgan fingerprint density at radius 2 is 1.74 bits per heavy atom. The van der Waals surface area contributed by atoms with Gasteiger partial charge in [-0.3, -0.25) is 4.79 Å². The second-order valence-electron chi connectivity index (χ2n) is 5.72. The fourth-order valence-corrected chi connectivity index (χ4v) is 2.03. The summed E-state index contributed by atoms with van der Waals surface area (Å²) in [6.45, 7) is 9.33. The maximum atomic E-state index is 11.3. The number of carbonyl (C=O) groups is 1. The molecule has 1 aliphatic heterocycles. The van der Waals surface area contributed by atoms with E-state index in [1.54, 1.807) is 12.1 Å². The maximum Gasteiger partial charge on any atom is 0.498 e. The van der Waals surface area contributed by atoms with Crippen LogP contribution in [0.3, 0.4) is 0 Å². The molecule has 6 heteroatoms. The highest BCUT2D eigenvalue weighted by atomic mass is 35.5. The zero-order valence-corrected chi connectivity index (χ0v) is 12.5. The lowest BCUT2D eigenvalue weighted by Crippen LogP contribution is -2.41. The summed E-state index contributed by atoms with van der Waals surface area (Å²) in [6, 6.07) is 3.36. The molecule has 102 valence electrons. The van der Waals surface area contributed by atoms with Crippen LogP contribution in [0.4, 0.5) is 0 Å². The van der Waals surface area contributed by atoms with Gasteiger partial charge >= 0.3 is 7.12 Å². The fourth-order valence-electron chi connectivity index (χ4n) is 1.79. The van der Waals surface area contributed by atoms with Crippen molar-refractivity contribution in [1.29, 1.82) is 0 Å². The van der Waals surface area contributed by atoms with Crippen molar-refractivity contribution in [3.8, 4) is 0 Å². The van der Waals surface area contributed by atoms with Crippen LogP contribution in [0, 0.1) is 0 Å². The molecule has 0 spiro atoms. The highest BCUT2D eigenvalue weighted by Crippen LogP contribution is 2.36. The van der Waals surface area contributed by atoms with Gasteiger partial charge in [0.15, 0.2) is 5.78 Å². The number of carbonyl (C=O) groups excluding carboxylic acids is 1. The van der Waals surface area contributed by atoms with E-state index in [9.17, 15) is 4.79 Å². The van der Waals surface area contributed by atoms with Crippen molar-refractivity contribution in [3.63, 3.8) is 0 Å². The number of aromatic nitrogens is 1. The van der Waals surface area contributed by atoms with E-state index in [4.69, 9.17) is 20.9 Å². The van der Waals surface area contributed by atoms with Gasteiger partial charge in [0.2, 0.25) is 0 Å². The number of hydrogen-bond donors (Lipinski definition) is 0. The van der Waals surface area contributed by atoms with Gasteiger partial charge in [-0.25, -0.2) is 4.98 Å². The van der Waals surface area contributed by atoms with Gasteiger partial charge in [0, 0.05) is 12.4 Å². The molecule has 0 atom stereocenters. The van der Waals surface area contributed by atoms with Crippen molar-refractivity contribution in [2.45, 2.75) is 45.8 Å². The Morgan fingerprint density at radius 1 is 1.21 bits per heavy atom. The Kier molecular flexibility index (Phi) is 3.50. The van der Waals surface area contributed by atoms with E-state index >= 15 is 0 Å². The van der Waals surface area contributed by atoms with Gasteiger partial charge in [0.1, 0.15) is 10.8 Å². The van der Waals surface area contributed by atoms with Crippen molar-refractivity contribution < 1.29 is 14.1 Å². The molecular formula is C13H17BClNO3. The van der Waals surface area contributed by atoms with Crippen molar-refractivity contribution in [1.82, 2.24) is 4.98 Å². The van der Waals surface area contributed by atoms with E-state index in [1.807, 2.05) is 27.7 Å². The maximum absolute atomic E-state index is 11.3. The minimum Gasteiger partial charge on any atom is -0.399 e. The van der Waals surface area contributed by atoms with E-state index in [0.29, 0.717) is 11.2 Å². The van der Waals surface area contributed by atoms with Crippen LogP contribution in [-0.4, -0.2) is 29.1 Å². The smallest absolute Gasteiger partial charge is 0.399 e. The zero-order valence-electron chi connectivity index (χ0n) is 11.8. The van der Waals surface area contributed by atoms with Crippen LogP contribution >= 0.6 is 11.6 Å². The summed E-state index contributed by atoms with van der Waals surface area (Å²) in [5.41, 5.74) is 0.121. The van der Waals surface area contributed by atoms with E-state index in [1.165, 1.54) is 6.92 Å². The van der Waals surface area contributed by atoms with Gasteiger partial charge < -0.3 is 9.31 Å². The highest BCUT2D eigenvalue weighted by Gasteiger charge is 2.52. The number of ketones is 1. The summed E-state index contributed by atoms with van der Waals surface area (Å²) < 4.78 is 11.8. The summed E-state index contributed by atoms with van der Waals surface area (Å²) in [6.07, 6.45) is 0. The summed E-state index contributed by atoms with van der Waals surface area (Å²) in [4.78, 5) is 15.3. The van der Waals surface area contributed by atoms with Gasteiger partial charge in [-0.15, -0.1) is 0 Å². The first kappa shape index (κ1) is 14.5. The summed E-state index contributed by atoms with van der Waals surface area (Å²) >= 11 is 6.12. The molecule has 1 aliphatic rings. The Balaban J connectivity index is 2.33. The van der Waals surface area contributed by atoms with Crippen LogP contribution < -0.4 is 5.46 Å². The molecule has 0 unspecified atom stereocenters. The summed E-state index contributed by atoms with van der Waals surface area (Å²) in [7, 11) is -0.564. The average molecular weight is 282 g/mol. The van der Waals surface area contributed by atoms with Gasteiger partial charge in [-0.1, -0.05) is 17.7 Å². The van der Waals surface area contributed by atoms with Crippen molar-refractivity contribution in [2.24, 2.45) is 0 Å². The van der Waals surface area contributed by atoms with E-state index in [0.717, 1.165) is 0 Å². The third kappa shape index (κ3) is 2.55. The lowest BCUT2D eigenvalue weighted by Gasteiger charge is -2.32. The molecule has 19 heavy (non-hydrogen) atoms. The van der Waals surface area contributed by atoms with Crippen molar-refractivity contribution in [2.75, 3.05) is 0 Å². The van der Waals surface area contributed by atoms with Gasteiger partial charge in [0.05, 0.1) is 11.2 Å². The predicted octanol–water partition coefficient (Wildman–Crippen LogP) is 2.24. The zero-order chi connectivity index (χ0) is 14.4. The third-order valence-electron chi connectivity index (χ3n) is 3.75. The Labute approximate surface area is 118 Å². The minimum atomic E-state index is -0.564. The van der Waals surface area contributed by atoms with Crippen LogP contribution in [-0.2, 0) is 9.31 Å². The lowest BCUT2D eigenvalue weighted by molar-refractivity contribution is 0.00578. The van der Waals surface area contributed by atoms with Gasteiger partial charge in [-0.05, 0) is 33.8 Å². The summed E-state index contributed by atoms with van der Waals surface area (Å²) in [5, 5.41) is 0.242. The third-order valence-corrected chi connectivity index (χ3v) is 4.05. The second-order valence-corrected chi connectivity index (χ2v) is 6.08. The largest absolute Gasteiger partial charge is 0.498 e. The number of rotatable bonds is 2. The Morgan fingerprint density at radius 3 is 2.16 bits per heavy atom. The van der Waals surface area contributed by atoms with Crippen LogP contribution in [0.15, 0.2) is 12.1 Å². The second kappa shape index (κ2) is 4.58. The van der Waals surface area contributed by atoms with Gasteiger partial charge in [-0.2, -0.15) is 0 Å². The number of pyridine rings is 1. The van der Waals surface area contributed by atoms with E-state index < -0.39 is 18.3 Å². The molecule has 0 saturated carbocycles. The lowest BCUT2D eigenvalue weighted by atomic mass is 9.80. The molecule has 1 aromatic rings. The molecule has 0 aromatic carbocycles. The minimum absolute atomic E-state index is 0.123. The normalized spacial score (nSPS) is 20.6. The van der Waals surface area contributed by atoms with Crippen molar-refractivity contribution >= 4 is 30.0 Å². The number of hydrogen-bond acceptors (Lipinski definition) is 4. The Hall–Kier alpha value is -0.905. The molecule has 0 aliphatic carbocycles. The predicted molar refractivity (Wildman–Crippen MR) is 75.0 cm³/mol. The first-order chi connectivity index (χ1) is 8.64. The summed E-state index contributed by atoms with van der Waals surface area (Å²) in [5.74, 6) is -0.123. The van der Waals surface area contributed by atoms with Crippen LogP contribution in [0.2, 0.25) is 5.15 Å². The van der Waals surface area contributed by atoms with E-state index in [2.05, 4.69) is 4.98 Å². The highest BCUT2D eigenvalue weighted by molar-refractivity contribution is 6.65. The molecule has 0 bridgehead atoms. The molecule has 0 radical (unpaired) electrons. The topological polar surface area (TPSA) is 48.4 Å². The molecular weight excluding hydrogens is 264 g/mol. The molecule has 1 saturated heterocycles. The quantitative estimate of drug-likeness (QED) is 0.474. The Bertz CT molecular complexity index is 515. The average Bonchev–Trinajstić information content (AvgIpc) is 2.47. The molecule has 2 rings (SSSR count). The van der Waals surface area contributed by atoms with Gasteiger partial charge in [0.25, 0.3) is 0 Å². The van der Waals surface area contributed by atoms with Crippen LogP contribution in [0.25, 0.3) is 0 Å². The van der Waals surface area contributed by atoms with Crippen molar-refractivity contribution in [3.05, 3.63) is 23.0 Å². The SMILES string of the molecule is CC(=O)c1ccc(B2OC(C)(C)C(C)(C)O2)c(Cl)n1. The first-order valence-corrected chi connectivity index (χ1v) is 6.55.